The van der Waals surface area contributed by atoms with Crippen LogP contribution in [0.25, 0.3) is 22.0 Å². The highest BCUT2D eigenvalue weighted by atomic mass is 16.5. The fraction of sp³-hybridized carbons (Fsp3) is 0.400. The Morgan fingerprint density at radius 2 is 1.97 bits per heavy atom. The fourth-order valence-corrected chi connectivity index (χ4v) is 3.83. The Labute approximate surface area is 183 Å². The van der Waals surface area contributed by atoms with Crippen molar-refractivity contribution in [1.29, 1.82) is 0 Å². The molecule has 1 aromatic carbocycles. The lowest BCUT2D eigenvalue weighted by molar-refractivity contribution is 0.393. The number of methoxy groups -OCH3 is 1. The first-order valence-electron chi connectivity index (χ1n) is 10.7. The zero-order valence-electron chi connectivity index (χ0n) is 19.5. The Balaban J connectivity index is 2.27. The number of ether oxygens (including phenoxy) is 1. The van der Waals surface area contributed by atoms with E-state index in [-0.39, 0.29) is 5.56 Å². The molecule has 0 N–H and O–H groups in total. The maximum absolute atomic E-state index is 13.1. The number of benzene rings is 1. The third-order valence-electron chi connectivity index (χ3n) is 5.55. The van der Waals surface area contributed by atoms with Gasteiger partial charge in [0.2, 0.25) is 0 Å². The van der Waals surface area contributed by atoms with Gasteiger partial charge in [0.05, 0.1) is 36.1 Å². The number of hydrogen-bond acceptors (Lipinski definition) is 5. The van der Waals surface area contributed by atoms with Crippen LogP contribution in [0.5, 0.6) is 5.75 Å². The van der Waals surface area contributed by atoms with E-state index >= 15 is 0 Å². The van der Waals surface area contributed by atoms with Crippen molar-refractivity contribution >= 4 is 16.6 Å². The third kappa shape index (κ3) is 4.48. The highest BCUT2D eigenvalue weighted by Crippen LogP contribution is 2.37. The molecule has 0 aliphatic carbocycles. The summed E-state index contributed by atoms with van der Waals surface area (Å²) in [4.78, 5) is 17.8. The highest BCUT2D eigenvalue weighted by Gasteiger charge is 2.19. The summed E-state index contributed by atoms with van der Waals surface area (Å²) in [5.74, 6) is 1.41. The Morgan fingerprint density at radius 1 is 1.23 bits per heavy atom. The number of allylic oxidation sites excluding steroid dienone is 2. The number of hydrogen-bond donors (Lipinski definition) is 0. The summed E-state index contributed by atoms with van der Waals surface area (Å²) in [6, 6.07) is 5.91. The van der Waals surface area contributed by atoms with Gasteiger partial charge in [-0.3, -0.25) is 9.79 Å². The Bertz CT molecular complexity index is 1210. The van der Waals surface area contributed by atoms with Crippen molar-refractivity contribution in [3.63, 3.8) is 0 Å². The van der Waals surface area contributed by atoms with Crippen molar-refractivity contribution < 1.29 is 9.26 Å². The summed E-state index contributed by atoms with van der Waals surface area (Å²) in [7, 11) is 1.64. The predicted octanol–water partition coefficient (Wildman–Crippen LogP) is 5.41. The lowest BCUT2D eigenvalue weighted by atomic mass is 9.99. The van der Waals surface area contributed by atoms with E-state index in [1.54, 1.807) is 11.7 Å². The number of aromatic nitrogens is 2. The molecule has 0 aliphatic heterocycles. The molecule has 0 spiro atoms. The van der Waals surface area contributed by atoms with Crippen LogP contribution in [0.15, 0.2) is 44.2 Å². The molecule has 2 aromatic heterocycles. The van der Waals surface area contributed by atoms with Gasteiger partial charge in [0, 0.05) is 23.7 Å². The van der Waals surface area contributed by atoms with Crippen LogP contribution >= 0.6 is 0 Å². The van der Waals surface area contributed by atoms with Crippen LogP contribution in [-0.4, -0.2) is 29.1 Å². The molecule has 0 amide bonds. The van der Waals surface area contributed by atoms with Gasteiger partial charge >= 0.3 is 0 Å². The Hall–Kier alpha value is -3.15. The molecule has 0 aliphatic rings. The van der Waals surface area contributed by atoms with Gasteiger partial charge in [0.15, 0.2) is 0 Å². The van der Waals surface area contributed by atoms with Crippen LogP contribution < -0.4 is 10.3 Å². The number of nitrogens with zero attached hydrogens (tertiary/aromatic N) is 3. The molecule has 6 nitrogen and oxygen atoms in total. The zero-order chi connectivity index (χ0) is 22.7. The van der Waals surface area contributed by atoms with E-state index in [9.17, 15) is 4.79 Å². The molecule has 31 heavy (non-hydrogen) atoms. The molecule has 0 atom stereocenters. The van der Waals surface area contributed by atoms with Crippen LogP contribution in [0.1, 0.15) is 44.2 Å². The van der Waals surface area contributed by atoms with Gasteiger partial charge in [-0.15, -0.1) is 0 Å². The quantitative estimate of drug-likeness (QED) is 0.479. The number of fused-ring (bicyclic) bond motifs is 1. The second kappa shape index (κ2) is 9.33. The monoisotopic (exact) mass is 421 g/mol. The summed E-state index contributed by atoms with van der Waals surface area (Å²) < 4.78 is 12.9. The second-order valence-electron chi connectivity index (χ2n) is 7.84. The molecule has 3 aromatic rings. The summed E-state index contributed by atoms with van der Waals surface area (Å²) in [5.41, 5.74) is 6.23. The van der Waals surface area contributed by atoms with Crippen LogP contribution in [0, 0.1) is 20.8 Å². The lowest BCUT2D eigenvalue weighted by Crippen LogP contribution is -2.26. The molecular weight excluding hydrogens is 390 g/mol. The SMILES string of the molecule is CCN=C(/C=C(\C)CC)Cn1c(=O)c(C)cc2cc(-c3c(C)noc3C)c(OC)cc21. The second-order valence-corrected chi connectivity index (χ2v) is 7.84. The van der Waals surface area contributed by atoms with Crippen molar-refractivity contribution in [2.24, 2.45) is 4.99 Å². The van der Waals surface area contributed by atoms with Crippen LogP contribution in [0.3, 0.4) is 0 Å². The summed E-state index contributed by atoms with van der Waals surface area (Å²) in [6.07, 6.45) is 3.03. The van der Waals surface area contributed by atoms with Gasteiger partial charge in [0.1, 0.15) is 11.5 Å². The first-order valence-corrected chi connectivity index (χ1v) is 10.7. The van der Waals surface area contributed by atoms with Gasteiger partial charge < -0.3 is 13.8 Å². The van der Waals surface area contributed by atoms with E-state index in [1.807, 2.05) is 45.9 Å². The maximum atomic E-state index is 13.1. The van der Waals surface area contributed by atoms with E-state index in [2.05, 4.69) is 30.1 Å². The van der Waals surface area contributed by atoms with Crippen molar-refractivity contribution in [2.75, 3.05) is 13.7 Å². The number of aryl methyl sites for hydroxylation is 3. The molecule has 0 saturated carbocycles. The maximum Gasteiger partial charge on any atom is 0.254 e. The van der Waals surface area contributed by atoms with Crippen molar-refractivity contribution in [2.45, 2.75) is 54.5 Å². The van der Waals surface area contributed by atoms with Crippen LogP contribution in [0.4, 0.5) is 0 Å². The first-order chi connectivity index (χ1) is 14.8. The Morgan fingerprint density at radius 3 is 2.55 bits per heavy atom. The lowest BCUT2D eigenvalue weighted by Gasteiger charge is -2.16. The van der Waals surface area contributed by atoms with E-state index in [0.717, 1.165) is 45.6 Å². The average molecular weight is 422 g/mol. The molecule has 0 radical (unpaired) electrons. The topological polar surface area (TPSA) is 69.6 Å². The molecular formula is C25H31N3O3. The minimum absolute atomic E-state index is 0.0222. The number of pyridine rings is 1. The predicted molar refractivity (Wildman–Crippen MR) is 126 cm³/mol. The van der Waals surface area contributed by atoms with E-state index < -0.39 is 0 Å². The molecule has 0 bridgehead atoms. The van der Waals surface area contributed by atoms with Crippen molar-refractivity contribution in [3.8, 4) is 16.9 Å². The molecule has 0 fully saturated rings. The van der Waals surface area contributed by atoms with Crippen LogP contribution in [-0.2, 0) is 6.54 Å². The first kappa shape index (κ1) is 22.5. The summed E-state index contributed by atoms with van der Waals surface area (Å²) >= 11 is 0. The smallest absolute Gasteiger partial charge is 0.254 e. The summed E-state index contributed by atoms with van der Waals surface area (Å²) in [5, 5.41) is 5.04. The molecule has 0 unspecified atom stereocenters. The largest absolute Gasteiger partial charge is 0.496 e. The standard InChI is InChI=1S/C25H31N3O3/c1-8-15(3)10-20(26-9-2)14-28-22-13-23(30-7)21(24-17(5)27-31-18(24)6)12-19(22)11-16(4)25(28)29/h10-13H,8-9,14H2,1-7H3/b15-10+,26-20?. The van der Waals surface area contributed by atoms with Gasteiger partial charge in [0.25, 0.3) is 5.56 Å². The minimum atomic E-state index is -0.0222. The van der Waals surface area contributed by atoms with Gasteiger partial charge in [-0.05, 0) is 64.6 Å². The van der Waals surface area contributed by atoms with E-state index in [4.69, 9.17) is 9.26 Å². The molecule has 6 heteroatoms. The molecule has 164 valence electrons. The minimum Gasteiger partial charge on any atom is -0.496 e. The van der Waals surface area contributed by atoms with Gasteiger partial charge in [-0.25, -0.2) is 0 Å². The van der Waals surface area contributed by atoms with Gasteiger partial charge in [-0.2, -0.15) is 0 Å². The number of aliphatic imine (C=N–C) groups is 1. The van der Waals surface area contributed by atoms with E-state index in [0.29, 0.717) is 24.4 Å². The van der Waals surface area contributed by atoms with Crippen molar-refractivity contribution in [3.05, 3.63) is 57.2 Å². The highest BCUT2D eigenvalue weighted by molar-refractivity contribution is 5.97. The molecule has 3 rings (SSSR count). The molecule has 2 heterocycles. The third-order valence-corrected chi connectivity index (χ3v) is 5.55. The number of rotatable bonds is 7. The summed E-state index contributed by atoms with van der Waals surface area (Å²) in [6.45, 7) is 12.9. The Kier molecular flexibility index (Phi) is 6.78. The van der Waals surface area contributed by atoms with Crippen molar-refractivity contribution in [1.82, 2.24) is 9.72 Å². The van der Waals surface area contributed by atoms with E-state index in [1.165, 1.54) is 5.57 Å². The molecule has 0 saturated heterocycles. The van der Waals surface area contributed by atoms with Crippen LogP contribution in [0.2, 0.25) is 0 Å². The van der Waals surface area contributed by atoms with Gasteiger partial charge in [-0.1, -0.05) is 17.7 Å². The fourth-order valence-electron chi connectivity index (χ4n) is 3.83. The zero-order valence-corrected chi connectivity index (χ0v) is 19.5. The normalized spacial score (nSPS) is 12.6. The average Bonchev–Trinajstić information content (AvgIpc) is 3.08.